The van der Waals surface area contributed by atoms with E-state index in [1.54, 1.807) is 0 Å². The van der Waals surface area contributed by atoms with Crippen molar-refractivity contribution in [3.63, 3.8) is 0 Å². The van der Waals surface area contributed by atoms with Crippen molar-refractivity contribution in [1.29, 1.82) is 0 Å². The molecule has 1 unspecified atom stereocenters. The van der Waals surface area contributed by atoms with Gasteiger partial charge in [-0.05, 0) is 128 Å². The summed E-state index contributed by atoms with van der Waals surface area (Å²) in [5, 5.41) is 0. The van der Waals surface area contributed by atoms with Crippen LogP contribution in [0.3, 0.4) is 0 Å². The minimum Gasteiger partial charge on any atom is -0.462 e. The number of carbonyl (C=O) groups excluding carboxylic acids is 3. The van der Waals surface area contributed by atoms with E-state index in [0.717, 1.165) is 141 Å². The number of ether oxygens (including phenoxy) is 3. The van der Waals surface area contributed by atoms with Crippen LogP contribution in [0.4, 0.5) is 0 Å². The van der Waals surface area contributed by atoms with Gasteiger partial charge in [-0.2, -0.15) is 0 Å². The van der Waals surface area contributed by atoms with Gasteiger partial charge in [0.2, 0.25) is 0 Å². The summed E-state index contributed by atoms with van der Waals surface area (Å²) in [6, 6.07) is 0. The molecule has 0 aliphatic rings. The van der Waals surface area contributed by atoms with Gasteiger partial charge in [0.15, 0.2) is 6.10 Å². The zero-order valence-electron chi connectivity index (χ0n) is 46.8. The minimum absolute atomic E-state index is 0.122. The molecular weight excluding hydrogens is 901 g/mol. The van der Waals surface area contributed by atoms with Crippen LogP contribution in [0.2, 0.25) is 0 Å². The standard InChI is InChI=1S/C67H106O6/c1-4-7-10-13-16-19-22-25-27-29-31-33-35-37-39-42-45-48-51-54-57-60-66(69)72-63-64(62-71-65(68)59-56-53-50-47-44-41-24-21-18-15-12-9-6-3)73-67(70)61-58-55-52-49-46-43-40-38-36-34-32-30-28-26-23-20-17-14-11-8-5-2/h7,9-10,12,16,18-19,21,23,25-27,30-33,36-39,41,44,50,53,64H,4-6,8,11,13-15,17,20,22,24,28-29,34-35,40,42-43,45-49,51-52,54-63H2,1-3H3/b10-7-,12-9-,19-16-,21-18-,26-23-,27-25-,32-30-,33-31-,38-36-,39-37-,44-41-,53-50-. The van der Waals surface area contributed by atoms with Gasteiger partial charge in [-0.1, -0.05) is 237 Å². The van der Waals surface area contributed by atoms with Crippen LogP contribution in [-0.4, -0.2) is 37.2 Å². The predicted molar refractivity (Wildman–Crippen MR) is 315 cm³/mol. The highest BCUT2D eigenvalue weighted by Gasteiger charge is 2.19. The van der Waals surface area contributed by atoms with Crippen molar-refractivity contribution in [2.75, 3.05) is 13.2 Å². The first kappa shape index (κ1) is 68.3. The number of allylic oxidation sites excluding steroid dienone is 24. The smallest absolute Gasteiger partial charge is 0.306 e. The van der Waals surface area contributed by atoms with Crippen molar-refractivity contribution in [2.45, 2.75) is 245 Å². The van der Waals surface area contributed by atoms with E-state index in [1.807, 2.05) is 12.2 Å². The van der Waals surface area contributed by atoms with Gasteiger partial charge in [0.05, 0.1) is 0 Å². The lowest BCUT2D eigenvalue weighted by Crippen LogP contribution is -2.30. The molecule has 0 spiro atoms. The van der Waals surface area contributed by atoms with Crippen LogP contribution in [0.15, 0.2) is 146 Å². The molecule has 0 saturated carbocycles. The Morgan fingerprint density at radius 3 is 0.918 bits per heavy atom. The zero-order chi connectivity index (χ0) is 52.9. The molecule has 6 nitrogen and oxygen atoms in total. The second kappa shape index (κ2) is 59.8. The maximum absolute atomic E-state index is 12.9. The van der Waals surface area contributed by atoms with E-state index in [4.69, 9.17) is 14.2 Å². The summed E-state index contributed by atoms with van der Waals surface area (Å²) in [5.41, 5.74) is 0. The van der Waals surface area contributed by atoms with Gasteiger partial charge >= 0.3 is 17.9 Å². The summed E-state index contributed by atoms with van der Waals surface area (Å²) >= 11 is 0. The van der Waals surface area contributed by atoms with Crippen molar-refractivity contribution in [2.24, 2.45) is 0 Å². The van der Waals surface area contributed by atoms with Crippen molar-refractivity contribution in [3.05, 3.63) is 146 Å². The lowest BCUT2D eigenvalue weighted by Gasteiger charge is -2.18. The molecule has 0 amide bonds. The summed E-state index contributed by atoms with van der Waals surface area (Å²) in [6.45, 7) is 6.30. The third kappa shape index (κ3) is 58.1. The van der Waals surface area contributed by atoms with Crippen molar-refractivity contribution < 1.29 is 28.6 Å². The van der Waals surface area contributed by atoms with Crippen LogP contribution in [0.25, 0.3) is 0 Å². The van der Waals surface area contributed by atoms with Crippen molar-refractivity contribution >= 4 is 17.9 Å². The molecule has 0 heterocycles. The first-order chi connectivity index (χ1) is 36.0. The summed E-state index contributed by atoms with van der Waals surface area (Å²) in [6.07, 6.45) is 85.7. The van der Waals surface area contributed by atoms with Crippen LogP contribution < -0.4 is 0 Å². The largest absolute Gasteiger partial charge is 0.462 e. The highest BCUT2D eigenvalue weighted by molar-refractivity contribution is 5.71. The SMILES string of the molecule is CC/C=C\C/C=C\C/C=C\C/C=C\C/C=C\CCCCCCCC(=O)OCC(COC(=O)CC/C=C\C/C=C\C/C=C\C/C=C\CC)OC(=O)CCCCCCCC/C=C\C/C=C\C/C=C\CCCCCCC. The monoisotopic (exact) mass is 1010 g/mol. The predicted octanol–water partition coefficient (Wildman–Crippen LogP) is 20.0. The van der Waals surface area contributed by atoms with Gasteiger partial charge in [0, 0.05) is 19.3 Å². The maximum atomic E-state index is 12.9. The van der Waals surface area contributed by atoms with Gasteiger partial charge in [-0.3, -0.25) is 14.4 Å². The van der Waals surface area contributed by atoms with Crippen molar-refractivity contribution in [1.82, 2.24) is 0 Å². The van der Waals surface area contributed by atoms with E-state index in [0.29, 0.717) is 12.8 Å². The fourth-order valence-electron chi connectivity index (χ4n) is 7.49. The second-order valence-electron chi connectivity index (χ2n) is 18.8. The van der Waals surface area contributed by atoms with Gasteiger partial charge in [0.1, 0.15) is 13.2 Å². The lowest BCUT2D eigenvalue weighted by molar-refractivity contribution is -0.166. The molecule has 1 atom stereocenters. The minimum atomic E-state index is -0.830. The van der Waals surface area contributed by atoms with Crippen LogP contribution in [0.1, 0.15) is 239 Å². The Kier molecular flexibility index (Phi) is 56.0. The molecule has 0 aromatic heterocycles. The lowest BCUT2D eigenvalue weighted by atomic mass is 10.1. The van der Waals surface area contributed by atoms with E-state index in [-0.39, 0.29) is 44.0 Å². The molecule has 0 aliphatic heterocycles. The van der Waals surface area contributed by atoms with E-state index in [2.05, 4.69) is 154 Å². The second-order valence-corrected chi connectivity index (χ2v) is 18.8. The average molecular weight is 1010 g/mol. The molecule has 0 bridgehead atoms. The summed E-state index contributed by atoms with van der Waals surface area (Å²) < 4.78 is 16.8. The normalized spacial score (nSPS) is 13.2. The Morgan fingerprint density at radius 2 is 0.562 bits per heavy atom. The number of esters is 3. The molecule has 0 aromatic rings. The van der Waals surface area contributed by atoms with Crippen LogP contribution in [0.5, 0.6) is 0 Å². The van der Waals surface area contributed by atoms with Crippen LogP contribution in [-0.2, 0) is 28.6 Å². The molecule has 0 radical (unpaired) electrons. The quantitative estimate of drug-likeness (QED) is 0.0261. The van der Waals surface area contributed by atoms with Gasteiger partial charge < -0.3 is 14.2 Å². The average Bonchev–Trinajstić information content (AvgIpc) is 3.39. The molecule has 0 saturated heterocycles. The zero-order valence-corrected chi connectivity index (χ0v) is 46.8. The number of hydrogen-bond acceptors (Lipinski definition) is 6. The van der Waals surface area contributed by atoms with E-state index in [9.17, 15) is 14.4 Å². The summed E-state index contributed by atoms with van der Waals surface area (Å²) in [7, 11) is 0. The number of rotatable bonds is 51. The first-order valence-corrected chi connectivity index (χ1v) is 29.3. The highest BCUT2D eigenvalue weighted by atomic mass is 16.6. The maximum Gasteiger partial charge on any atom is 0.306 e. The molecule has 0 fully saturated rings. The first-order valence-electron chi connectivity index (χ1n) is 29.3. The molecule has 0 rings (SSSR count). The van der Waals surface area contributed by atoms with Crippen molar-refractivity contribution in [3.8, 4) is 0 Å². The number of hydrogen-bond donors (Lipinski definition) is 0. The van der Waals surface area contributed by atoms with Crippen LogP contribution in [0, 0.1) is 0 Å². The molecule has 0 N–H and O–H groups in total. The third-order valence-electron chi connectivity index (χ3n) is 11.8. The summed E-state index contributed by atoms with van der Waals surface area (Å²) in [4.78, 5) is 38.2. The number of carbonyl (C=O) groups is 3. The molecule has 0 aromatic carbocycles. The molecular formula is C67H106O6. The Labute approximate surface area is 448 Å². The summed E-state index contributed by atoms with van der Waals surface area (Å²) in [5.74, 6) is -1.04. The van der Waals surface area contributed by atoms with Crippen LogP contribution >= 0.6 is 0 Å². The Bertz CT molecular complexity index is 1630. The Hall–Kier alpha value is -4.71. The Morgan fingerprint density at radius 1 is 0.288 bits per heavy atom. The topological polar surface area (TPSA) is 78.9 Å². The van der Waals surface area contributed by atoms with Gasteiger partial charge in [-0.15, -0.1) is 0 Å². The van der Waals surface area contributed by atoms with E-state index >= 15 is 0 Å². The molecule has 6 heteroatoms. The fraction of sp³-hybridized carbons (Fsp3) is 0.597. The Balaban J connectivity index is 4.51. The molecule has 0 aliphatic carbocycles. The van der Waals surface area contributed by atoms with Gasteiger partial charge in [-0.25, -0.2) is 0 Å². The van der Waals surface area contributed by atoms with E-state index in [1.165, 1.54) is 51.4 Å². The van der Waals surface area contributed by atoms with Gasteiger partial charge in [0.25, 0.3) is 0 Å². The molecule has 73 heavy (non-hydrogen) atoms. The molecule has 410 valence electrons. The van der Waals surface area contributed by atoms with E-state index < -0.39 is 6.10 Å². The fourth-order valence-corrected chi connectivity index (χ4v) is 7.49. The highest BCUT2D eigenvalue weighted by Crippen LogP contribution is 2.13. The third-order valence-corrected chi connectivity index (χ3v) is 11.8. The number of unbranched alkanes of at least 4 members (excludes halogenated alkanes) is 16.